The van der Waals surface area contributed by atoms with E-state index in [1.54, 1.807) is 0 Å². The maximum absolute atomic E-state index is 5.84. The summed E-state index contributed by atoms with van der Waals surface area (Å²) < 4.78 is 13.2. The van der Waals surface area contributed by atoms with E-state index >= 15 is 0 Å². The van der Waals surface area contributed by atoms with Crippen LogP contribution in [0.25, 0.3) is 0 Å². The number of hydrogen-bond donors (Lipinski definition) is 0. The molecule has 0 bridgehead atoms. The van der Waals surface area contributed by atoms with Gasteiger partial charge in [0.15, 0.2) is 3.57 Å². The van der Waals surface area contributed by atoms with Crippen molar-refractivity contribution in [1.29, 1.82) is 0 Å². The number of aromatic nitrogens is 2. The van der Waals surface area contributed by atoms with Crippen LogP contribution in [-0.4, -0.2) is 11.2 Å². The predicted octanol–water partition coefficient (Wildman–Crippen LogP) is 0.0277. The van der Waals surface area contributed by atoms with Crippen molar-refractivity contribution in [1.82, 2.24) is 4.57 Å². The molecule has 23 heavy (non-hydrogen) atoms. The van der Waals surface area contributed by atoms with Gasteiger partial charge in [0.25, 0.3) is 5.82 Å². The van der Waals surface area contributed by atoms with E-state index in [2.05, 4.69) is 78.0 Å². The van der Waals surface area contributed by atoms with Gasteiger partial charge in [-0.1, -0.05) is 29.5 Å². The Bertz CT molecular complexity index is 751. The number of benzene rings is 1. The van der Waals surface area contributed by atoms with Gasteiger partial charge in [0.05, 0.1) is 20.3 Å². The molecule has 0 atom stereocenters. The van der Waals surface area contributed by atoms with Gasteiger partial charge in [-0.2, -0.15) is 0 Å². The van der Waals surface area contributed by atoms with Gasteiger partial charge < -0.3 is 4.74 Å². The molecule has 120 valence electrons. The summed E-state index contributed by atoms with van der Waals surface area (Å²) in [6.07, 6.45) is 4.18. The lowest BCUT2D eigenvalue weighted by Crippen LogP contribution is -3.61. The highest BCUT2D eigenvalue weighted by atomic mass is 127. The van der Waals surface area contributed by atoms with Crippen molar-refractivity contribution in [3.63, 3.8) is 0 Å². The second-order valence-electron chi connectivity index (χ2n) is 5.30. The van der Waals surface area contributed by atoms with Crippen molar-refractivity contribution in [3.05, 3.63) is 72.0 Å². The SMILES string of the molecule is Cc1n(CCOCc2ccc([I+]c3ccccc3)s2)cc[n+]1C. The molecule has 0 radical (unpaired) electrons. The number of imidazole rings is 1. The Labute approximate surface area is 151 Å². The van der Waals surface area contributed by atoms with E-state index in [9.17, 15) is 0 Å². The highest BCUT2D eigenvalue weighted by Crippen LogP contribution is 2.10. The van der Waals surface area contributed by atoms with E-state index in [0.717, 1.165) is 19.8 Å². The number of ether oxygens (including phenoxy) is 1. The van der Waals surface area contributed by atoms with Crippen LogP contribution in [-0.2, 0) is 24.9 Å². The minimum absolute atomic E-state index is 0.0525. The average molecular weight is 440 g/mol. The Morgan fingerprint density at radius 1 is 1.17 bits per heavy atom. The first-order valence-corrected chi connectivity index (χ1v) is 10.6. The van der Waals surface area contributed by atoms with Crippen LogP contribution >= 0.6 is 11.3 Å². The average Bonchev–Trinajstić information content (AvgIpc) is 3.13. The van der Waals surface area contributed by atoms with Crippen LogP contribution in [0.15, 0.2) is 54.9 Å². The van der Waals surface area contributed by atoms with Crippen LogP contribution in [0.5, 0.6) is 0 Å². The molecule has 2 aromatic heterocycles. The van der Waals surface area contributed by atoms with Crippen LogP contribution in [0.3, 0.4) is 0 Å². The van der Waals surface area contributed by atoms with Crippen molar-refractivity contribution in [3.8, 4) is 0 Å². The van der Waals surface area contributed by atoms with E-state index in [4.69, 9.17) is 4.74 Å². The zero-order valence-corrected chi connectivity index (χ0v) is 16.4. The number of thiophene rings is 1. The van der Waals surface area contributed by atoms with Crippen LogP contribution in [0.4, 0.5) is 0 Å². The molecule has 0 saturated heterocycles. The molecule has 5 heteroatoms. The minimum atomic E-state index is -0.0525. The summed E-state index contributed by atoms with van der Waals surface area (Å²) in [5.41, 5.74) is 0. The van der Waals surface area contributed by atoms with Crippen molar-refractivity contribution in [2.45, 2.75) is 20.1 Å². The number of halogens is 1. The largest absolute Gasteiger partial charge is 0.372 e. The summed E-state index contributed by atoms with van der Waals surface area (Å²) >= 11 is 1.84. The molecule has 0 saturated carbocycles. The zero-order valence-electron chi connectivity index (χ0n) is 13.4. The number of nitrogens with zero attached hydrogens (tertiary/aromatic N) is 2. The van der Waals surface area contributed by atoms with Gasteiger partial charge in [0, 0.05) is 17.9 Å². The third-order valence-corrected chi connectivity index (χ3v) is 7.94. The third-order valence-electron chi connectivity index (χ3n) is 3.68. The molecule has 3 rings (SSSR count). The Kier molecular flexibility index (Phi) is 5.85. The number of hydrogen-bond acceptors (Lipinski definition) is 2. The van der Waals surface area contributed by atoms with E-state index in [1.807, 2.05) is 11.3 Å². The van der Waals surface area contributed by atoms with Crippen molar-refractivity contribution >= 4 is 11.3 Å². The molecule has 2 heterocycles. The van der Waals surface area contributed by atoms with Crippen molar-refractivity contribution in [2.75, 3.05) is 6.61 Å². The van der Waals surface area contributed by atoms with Gasteiger partial charge in [-0.25, -0.2) is 9.13 Å². The zero-order chi connectivity index (χ0) is 16.1. The van der Waals surface area contributed by atoms with Gasteiger partial charge in [-0.3, -0.25) is 0 Å². The predicted molar refractivity (Wildman–Crippen MR) is 88.2 cm³/mol. The summed E-state index contributed by atoms with van der Waals surface area (Å²) in [6, 6.07) is 15.2. The molecular formula is C18H21IN2OS+2. The quantitative estimate of drug-likeness (QED) is 0.288. The summed E-state index contributed by atoms with van der Waals surface area (Å²) in [5, 5.41) is 0. The minimum Gasteiger partial charge on any atom is -0.372 e. The van der Waals surface area contributed by atoms with E-state index in [0.29, 0.717) is 0 Å². The third kappa shape index (κ3) is 4.65. The van der Waals surface area contributed by atoms with E-state index < -0.39 is 0 Å². The maximum atomic E-state index is 5.84. The highest BCUT2D eigenvalue weighted by Gasteiger charge is 2.17. The first kappa shape index (κ1) is 16.7. The monoisotopic (exact) mass is 440 g/mol. The molecule has 3 nitrogen and oxygen atoms in total. The number of aryl methyl sites for hydroxylation is 1. The molecule has 0 N–H and O–H groups in total. The van der Waals surface area contributed by atoms with Gasteiger partial charge in [-0.15, -0.1) is 0 Å². The molecule has 0 aliphatic rings. The normalized spacial score (nSPS) is 11.0. The Morgan fingerprint density at radius 3 is 2.74 bits per heavy atom. The topological polar surface area (TPSA) is 18.0 Å². The second-order valence-corrected chi connectivity index (χ2v) is 10.1. The lowest BCUT2D eigenvalue weighted by atomic mass is 10.4. The first-order chi connectivity index (χ1) is 11.2. The molecule has 0 amide bonds. The molecule has 3 aromatic rings. The Balaban J connectivity index is 1.45. The lowest BCUT2D eigenvalue weighted by Gasteiger charge is -2.01. The van der Waals surface area contributed by atoms with Gasteiger partial charge >= 0.3 is 21.2 Å². The standard InChI is InChI=1S/C18H21IN2OS/c1-15-20(2)10-11-21(15)12-13-22-14-17-8-9-18(23-17)19-16-6-4-3-5-7-16/h3-11H,12-14H2,1-2H3/q+2. The first-order valence-electron chi connectivity index (χ1n) is 7.60. The summed E-state index contributed by atoms with van der Waals surface area (Å²) in [6.45, 7) is 4.49. The fourth-order valence-corrected chi connectivity index (χ4v) is 6.46. The second kappa shape index (κ2) is 8.08. The van der Waals surface area contributed by atoms with Crippen LogP contribution < -0.4 is 25.8 Å². The van der Waals surface area contributed by atoms with Crippen molar-refractivity contribution in [2.24, 2.45) is 7.05 Å². The summed E-state index contributed by atoms with van der Waals surface area (Å²) in [4.78, 5) is 1.32. The summed E-state index contributed by atoms with van der Waals surface area (Å²) in [7, 11) is 2.07. The van der Waals surface area contributed by atoms with Gasteiger partial charge in [0.2, 0.25) is 2.88 Å². The van der Waals surface area contributed by atoms with Gasteiger partial charge in [0.1, 0.15) is 18.9 Å². The van der Waals surface area contributed by atoms with Crippen LogP contribution in [0, 0.1) is 13.4 Å². The maximum Gasteiger partial charge on any atom is 0.369 e. The van der Waals surface area contributed by atoms with Crippen LogP contribution in [0.2, 0.25) is 0 Å². The molecule has 0 aliphatic heterocycles. The lowest BCUT2D eigenvalue weighted by molar-refractivity contribution is -0.677. The van der Waals surface area contributed by atoms with Gasteiger partial charge in [-0.05, 0) is 18.2 Å². The van der Waals surface area contributed by atoms with Crippen LogP contribution in [0.1, 0.15) is 10.7 Å². The van der Waals surface area contributed by atoms with E-state index in [1.165, 1.54) is 17.2 Å². The Morgan fingerprint density at radius 2 is 2.00 bits per heavy atom. The smallest absolute Gasteiger partial charge is 0.369 e. The van der Waals surface area contributed by atoms with E-state index in [-0.39, 0.29) is 21.2 Å². The van der Waals surface area contributed by atoms with Crippen molar-refractivity contribution < 1.29 is 30.5 Å². The molecule has 0 spiro atoms. The molecule has 0 aliphatic carbocycles. The fourth-order valence-electron chi connectivity index (χ4n) is 2.24. The molecule has 0 unspecified atom stereocenters. The molecule has 0 fully saturated rings. The number of rotatable bonds is 7. The molecule has 1 aromatic carbocycles. The fraction of sp³-hybridized carbons (Fsp3) is 0.278. The summed E-state index contributed by atoms with van der Waals surface area (Å²) in [5.74, 6) is 1.25. The Hall–Kier alpha value is -1.18. The highest BCUT2D eigenvalue weighted by molar-refractivity contribution is 7.09. The molecular weight excluding hydrogens is 419 g/mol.